The Morgan fingerprint density at radius 1 is 1.11 bits per heavy atom. The highest BCUT2D eigenvalue weighted by atomic mass is 19.4. The second-order valence-electron chi connectivity index (χ2n) is 10.1. The molecular formula is C28H33F3N4O3. The van der Waals surface area contributed by atoms with Gasteiger partial charge < -0.3 is 20.1 Å². The summed E-state index contributed by atoms with van der Waals surface area (Å²) < 4.78 is 41.5. The molecule has 0 aliphatic carbocycles. The average molecular weight is 531 g/mol. The molecule has 0 radical (unpaired) electrons. The van der Waals surface area contributed by atoms with Gasteiger partial charge in [-0.15, -0.1) is 13.2 Å². The zero-order valence-electron chi connectivity index (χ0n) is 21.2. The largest absolute Gasteiger partial charge is 0.573 e. The van der Waals surface area contributed by atoms with Crippen LogP contribution in [0.4, 0.5) is 18.9 Å². The molecule has 7 nitrogen and oxygen atoms in total. The van der Waals surface area contributed by atoms with Gasteiger partial charge in [-0.05, 0) is 55.9 Å². The van der Waals surface area contributed by atoms with Gasteiger partial charge in [0, 0.05) is 50.9 Å². The average Bonchev–Trinajstić information content (AvgIpc) is 2.90. The minimum atomic E-state index is -4.87. The zero-order valence-corrected chi connectivity index (χ0v) is 21.2. The van der Waals surface area contributed by atoms with Crippen molar-refractivity contribution in [3.8, 4) is 11.8 Å². The van der Waals surface area contributed by atoms with Crippen LogP contribution in [0.15, 0.2) is 48.5 Å². The summed E-state index contributed by atoms with van der Waals surface area (Å²) in [6, 6.07) is 16.0. The third-order valence-electron chi connectivity index (χ3n) is 7.47. The number of halogens is 3. The van der Waals surface area contributed by atoms with Gasteiger partial charge in [-0.1, -0.05) is 30.3 Å². The number of nitriles is 1. The molecule has 38 heavy (non-hydrogen) atoms. The number of carbonyl (C=O) groups is 1. The number of anilines is 1. The number of hydrogen-bond donors (Lipinski definition) is 2. The van der Waals surface area contributed by atoms with Crippen LogP contribution >= 0.6 is 0 Å². The number of amides is 1. The smallest absolute Gasteiger partial charge is 0.404 e. The van der Waals surface area contributed by atoms with Crippen molar-refractivity contribution in [3.05, 3.63) is 59.7 Å². The van der Waals surface area contributed by atoms with Crippen molar-refractivity contribution in [2.24, 2.45) is 5.92 Å². The van der Waals surface area contributed by atoms with E-state index in [1.54, 1.807) is 6.07 Å². The number of benzene rings is 2. The molecule has 2 aliphatic rings. The van der Waals surface area contributed by atoms with Crippen LogP contribution in [0.2, 0.25) is 0 Å². The third-order valence-corrected chi connectivity index (χ3v) is 7.47. The van der Waals surface area contributed by atoms with Crippen LogP contribution in [0, 0.1) is 17.2 Å². The van der Waals surface area contributed by atoms with Gasteiger partial charge in [0.05, 0.1) is 11.2 Å². The molecule has 0 bridgehead atoms. The number of carbonyl (C=O) groups excluding carboxylic acids is 1. The standard InChI is InChI=1S/C28H33F3N4O3/c29-28(30,31)38-25-7-6-24(18-23(25)19-32)35-14-8-22(9-15-35)26(36)33-13-10-27(37)11-16-34(17-12-27)20-21-4-2-1-3-5-21/h1-7,18,22,37H,8-17,20H2,(H,33,36). The zero-order chi connectivity index (χ0) is 27.2. The van der Waals surface area contributed by atoms with Gasteiger partial charge in [-0.2, -0.15) is 5.26 Å². The van der Waals surface area contributed by atoms with Gasteiger partial charge in [-0.3, -0.25) is 9.69 Å². The number of ether oxygens (including phenoxy) is 1. The molecule has 2 saturated heterocycles. The fourth-order valence-electron chi connectivity index (χ4n) is 5.20. The lowest BCUT2D eigenvalue weighted by atomic mass is 9.88. The summed E-state index contributed by atoms with van der Waals surface area (Å²) in [5.41, 5.74) is 0.915. The topological polar surface area (TPSA) is 88.8 Å². The van der Waals surface area contributed by atoms with E-state index >= 15 is 0 Å². The van der Waals surface area contributed by atoms with E-state index in [0.717, 1.165) is 25.7 Å². The number of aliphatic hydroxyl groups is 1. The molecule has 2 aromatic rings. The van der Waals surface area contributed by atoms with E-state index in [9.17, 15) is 28.3 Å². The highest BCUT2D eigenvalue weighted by molar-refractivity contribution is 5.79. The molecule has 2 aromatic carbocycles. The Balaban J connectivity index is 1.19. The number of nitrogens with one attached hydrogen (secondary N) is 1. The Bertz CT molecular complexity index is 1120. The van der Waals surface area contributed by atoms with E-state index < -0.39 is 17.7 Å². The van der Waals surface area contributed by atoms with Gasteiger partial charge in [0.1, 0.15) is 11.8 Å². The molecule has 204 valence electrons. The van der Waals surface area contributed by atoms with Crippen LogP contribution in [0.25, 0.3) is 0 Å². The first-order valence-corrected chi connectivity index (χ1v) is 13.0. The first kappa shape index (κ1) is 27.7. The van der Waals surface area contributed by atoms with Crippen LogP contribution < -0.4 is 15.0 Å². The van der Waals surface area contributed by atoms with Gasteiger partial charge in [0.25, 0.3) is 0 Å². The minimum absolute atomic E-state index is 0.0404. The molecule has 0 saturated carbocycles. The minimum Gasteiger partial charge on any atom is -0.404 e. The summed E-state index contributed by atoms with van der Waals surface area (Å²) >= 11 is 0. The number of hydrogen-bond acceptors (Lipinski definition) is 6. The molecule has 0 atom stereocenters. The van der Waals surface area contributed by atoms with Crippen molar-refractivity contribution >= 4 is 11.6 Å². The van der Waals surface area contributed by atoms with E-state index in [1.165, 1.54) is 17.7 Å². The van der Waals surface area contributed by atoms with Crippen LogP contribution in [0.5, 0.6) is 5.75 Å². The third kappa shape index (κ3) is 7.62. The van der Waals surface area contributed by atoms with E-state index in [4.69, 9.17) is 0 Å². The van der Waals surface area contributed by atoms with Gasteiger partial charge in [-0.25, -0.2) is 0 Å². The molecule has 10 heteroatoms. The number of alkyl halides is 3. The lowest BCUT2D eigenvalue weighted by Gasteiger charge is -2.38. The van der Waals surface area contributed by atoms with E-state index in [0.29, 0.717) is 57.4 Å². The monoisotopic (exact) mass is 530 g/mol. The predicted octanol–water partition coefficient (Wildman–Crippen LogP) is 4.21. The van der Waals surface area contributed by atoms with Crippen molar-refractivity contribution in [3.63, 3.8) is 0 Å². The molecule has 2 fully saturated rings. The number of nitrogens with zero attached hydrogens (tertiary/aromatic N) is 3. The van der Waals surface area contributed by atoms with Crippen molar-refractivity contribution in [2.75, 3.05) is 37.6 Å². The second-order valence-corrected chi connectivity index (χ2v) is 10.1. The highest BCUT2D eigenvalue weighted by Crippen LogP contribution is 2.31. The number of likely N-dealkylation sites (tertiary alicyclic amines) is 1. The highest BCUT2D eigenvalue weighted by Gasteiger charge is 2.34. The summed E-state index contributed by atoms with van der Waals surface area (Å²) in [5.74, 6) is -0.736. The summed E-state index contributed by atoms with van der Waals surface area (Å²) in [6.45, 7) is 4.01. The van der Waals surface area contributed by atoms with E-state index in [2.05, 4.69) is 27.1 Å². The Morgan fingerprint density at radius 3 is 2.42 bits per heavy atom. The van der Waals surface area contributed by atoms with Crippen molar-refractivity contribution in [1.82, 2.24) is 10.2 Å². The number of rotatable bonds is 8. The normalized spacial score (nSPS) is 18.6. The Labute approximate surface area is 220 Å². The van der Waals surface area contributed by atoms with Crippen LogP contribution in [-0.4, -0.2) is 60.6 Å². The summed E-state index contributed by atoms with van der Waals surface area (Å²) in [7, 11) is 0. The van der Waals surface area contributed by atoms with Gasteiger partial charge in [0.15, 0.2) is 0 Å². The molecular weight excluding hydrogens is 497 g/mol. The maximum absolute atomic E-state index is 12.7. The Hall–Kier alpha value is -3.29. The summed E-state index contributed by atoms with van der Waals surface area (Å²) in [5, 5.41) is 23.2. The summed E-state index contributed by atoms with van der Waals surface area (Å²) in [6.07, 6.45) is -1.83. The fourth-order valence-corrected chi connectivity index (χ4v) is 5.20. The summed E-state index contributed by atoms with van der Waals surface area (Å²) in [4.78, 5) is 17.0. The van der Waals surface area contributed by atoms with Crippen molar-refractivity contribution in [1.29, 1.82) is 5.26 Å². The van der Waals surface area contributed by atoms with Gasteiger partial charge >= 0.3 is 6.36 Å². The Morgan fingerprint density at radius 2 is 1.79 bits per heavy atom. The fraction of sp³-hybridized carbons (Fsp3) is 0.500. The van der Waals surface area contributed by atoms with Crippen molar-refractivity contribution in [2.45, 2.75) is 50.6 Å². The lowest BCUT2D eigenvalue weighted by Crippen LogP contribution is -2.46. The molecule has 0 spiro atoms. The molecule has 0 aromatic heterocycles. The maximum Gasteiger partial charge on any atom is 0.573 e. The molecule has 0 unspecified atom stereocenters. The quantitative estimate of drug-likeness (QED) is 0.532. The van der Waals surface area contributed by atoms with Crippen LogP contribution in [-0.2, 0) is 11.3 Å². The second kappa shape index (κ2) is 12.0. The first-order chi connectivity index (χ1) is 18.1. The molecule has 2 N–H and O–H groups in total. The molecule has 4 rings (SSSR count). The first-order valence-electron chi connectivity index (χ1n) is 13.0. The molecule has 1 amide bonds. The maximum atomic E-state index is 12.7. The molecule has 2 aliphatic heterocycles. The van der Waals surface area contributed by atoms with Gasteiger partial charge in [0.2, 0.25) is 5.91 Å². The van der Waals surface area contributed by atoms with Crippen LogP contribution in [0.1, 0.15) is 43.2 Å². The Kier molecular flexibility index (Phi) is 8.80. The van der Waals surface area contributed by atoms with Crippen LogP contribution in [0.3, 0.4) is 0 Å². The van der Waals surface area contributed by atoms with E-state index in [1.807, 2.05) is 23.1 Å². The predicted molar refractivity (Wildman–Crippen MR) is 136 cm³/mol. The lowest BCUT2D eigenvalue weighted by molar-refractivity contribution is -0.274. The molecule has 2 heterocycles. The van der Waals surface area contributed by atoms with Crippen molar-refractivity contribution < 1.29 is 27.8 Å². The number of piperidine rings is 2. The SMILES string of the molecule is N#Cc1cc(N2CCC(C(=O)NCCC3(O)CCN(Cc4ccccc4)CC3)CC2)ccc1OC(F)(F)F. The van der Waals surface area contributed by atoms with E-state index in [-0.39, 0.29) is 17.4 Å².